The first kappa shape index (κ1) is 9.65. The molecular weight excluding hydrogens is 198 g/mol. The van der Waals surface area contributed by atoms with Crippen molar-refractivity contribution >= 4 is 0 Å². The molecule has 2 rings (SSSR count). The topological polar surface area (TPSA) is 20.2 Å². The normalized spacial score (nSPS) is 10.3. The molecule has 0 fully saturated rings. The molecule has 0 unspecified atom stereocenters. The van der Waals surface area contributed by atoms with Crippen molar-refractivity contribution < 1.29 is 13.9 Å². The lowest BCUT2D eigenvalue weighted by molar-refractivity contribution is 0.434. The molecule has 2 aromatic rings. The van der Waals surface area contributed by atoms with Gasteiger partial charge in [-0.05, 0) is 23.8 Å². The van der Waals surface area contributed by atoms with Crippen LogP contribution in [0.25, 0.3) is 11.1 Å². The summed E-state index contributed by atoms with van der Waals surface area (Å²) in [7, 11) is 0. The first-order chi connectivity index (χ1) is 7.18. The van der Waals surface area contributed by atoms with Gasteiger partial charge in [-0.25, -0.2) is 8.78 Å². The van der Waals surface area contributed by atoms with Crippen LogP contribution in [0.3, 0.4) is 0 Å². The van der Waals surface area contributed by atoms with E-state index >= 15 is 0 Å². The Kier molecular flexibility index (Phi) is 2.37. The van der Waals surface area contributed by atoms with Gasteiger partial charge in [0.15, 0.2) is 11.6 Å². The molecular formula is C12H8F2O. The van der Waals surface area contributed by atoms with Crippen molar-refractivity contribution in [3.63, 3.8) is 0 Å². The molecule has 0 spiro atoms. The molecule has 0 aliphatic heterocycles. The van der Waals surface area contributed by atoms with Crippen LogP contribution in [-0.4, -0.2) is 5.11 Å². The highest BCUT2D eigenvalue weighted by Crippen LogP contribution is 2.31. The third-order valence-electron chi connectivity index (χ3n) is 2.12. The molecule has 3 heteroatoms. The van der Waals surface area contributed by atoms with Crippen molar-refractivity contribution in [3.8, 4) is 16.9 Å². The third-order valence-corrected chi connectivity index (χ3v) is 2.12. The number of halogens is 2. The number of hydrogen-bond acceptors (Lipinski definition) is 1. The van der Waals surface area contributed by atoms with Gasteiger partial charge in [0.1, 0.15) is 5.82 Å². The second-order valence-electron chi connectivity index (χ2n) is 3.15. The Morgan fingerprint density at radius 1 is 0.933 bits per heavy atom. The summed E-state index contributed by atoms with van der Waals surface area (Å²) in [6, 6.07) is 9.81. The zero-order valence-electron chi connectivity index (χ0n) is 7.74. The van der Waals surface area contributed by atoms with Crippen molar-refractivity contribution in [1.82, 2.24) is 0 Å². The van der Waals surface area contributed by atoms with E-state index in [1.165, 1.54) is 30.3 Å². The number of benzene rings is 2. The highest BCUT2D eigenvalue weighted by molar-refractivity contribution is 5.70. The van der Waals surface area contributed by atoms with Gasteiger partial charge in [-0.3, -0.25) is 0 Å². The van der Waals surface area contributed by atoms with Gasteiger partial charge in [0.05, 0.1) is 0 Å². The largest absolute Gasteiger partial charge is 0.504 e. The van der Waals surface area contributed by atoms with Crippen LogP contribution in [0.4, 0.5) is 8.78 Å². The molecule has 0 aromatic heterocycles. The Bertz CT molecular complexity index is 495. The third kappa shape index (κ3) is 1.81. The van der Waals surface area contributed by atoms with Gasteiger partial charge in [-0.15, -0.1) is 0 Å². The van der Waals surface area contributed by atoms with Gasteiger partial charge < -0.3 is 5.11 Å². The second kappa shape index (κ2) is 3.69. The molecule has 0 heterocycles. The molecule has 76 valence electrons. The zero-order valence-corrected chi connectivity index (χ0v) is 7.74. The lowest BCUT2D eigenvalue weighted by atomic mass is 10.0. The van der Waals surface area contributed by atoms with Gasteiger partial charge >= 0.3 is 0 Å². The van der Waals surface area contributed by atoms with E-state index in [1.807, 2.05) is 0 Å². The number of phenolic OH excluding ortho intramolecular Hbond substituents is 1. The summed E-state index contributed by atoms with van der Waals surface area (Å²) in [5.41, 5.74) is 0.738. The van der Waals surface area contributed by atoms with Crippen LogP contribution in [0, 0.1) is 11.6 Å². The SMILES string of the molecule is Oc1c(F)cccc1-c1cccc(F)c1. The van der Waals surface area contributed by atoms with E-state index < -0.39 is 17.4 Å². The Morgan fingerprint density at radius 3 is 2.40 bits per heavy atom. The maximum absolute atomic E-state index is 13.0. The van der Waals surface area contributed by atoms with E-state index in [0.717, 1.165) is 6.07 Å². The van der Waals surface area contributed by atoms with E-state index in [9.17, 15) is 13.9 Å². The van der Waals surface area contributed by atoms with Crippen LogP contribution in [0.2, 0.25) is 0 Å². The fourth-order valence-corrected chi connectivity index (χ4v) is 1.40. The Morgan fingerprint density at radius 2 is 1.67 bits per heavy atom. The highest BCUT2D eigenvalue weighted by atomic mass is 19.1. The number of para-hydroxylation sites is 1. The van der Waals surface area contributed by atoms with Gasteiger partial charge in [-0.1, -0.05) is 24.3 Å². The Hall–Kier alpha value is -1.90. The maximum atomic E-state index is 13.0. The fraction of sp³-hybridized carbons (Fsp3) is 0. The summed E-state index contributed by atoms with van der Waals surface area (Å²) in [5, 5.41) is 9.44. The minimum atomic E-state index is -0.711. The minimum Gasteiger partial charge on any atom is -0.504 e. The number of hydrogen-bond donors (Lipinski definition) is 1. The standard InChI is InChI=1S/C12H8F2O/c13-9-4-1-3-8(7-9)10-5-2-6-11(14)12(10)15/h1-7,15H. The summed E-state index contributed by atoms with van der Waals surface area (Å²) < 4.78 is 25.9. The van der Waals surface area contributed by atoms with Crippen molar-refractivity contribution in [2.45, 2.75) is 0 Å². The number of phenols is 1. The molecule has 0 aliphatic carbocycles. The van der Waals surface area contributed by atoms with E-state index in [1.54, 1.807) is 6.07 Å². The maximum Gasteiger partial charge on any atom is 0.165 e. The Balaban J connectivity index is 2.59. The van der Waals surface area contributed by atoms with Crippen LogP contribution >= 0.6 is 0 Å². The predicted molar refractivity (Wildman–Crippen MR) is 53.5 cm³/mol. The molecule has 0 amide bonds. The molecule has 0 saturated heterocycles. The minimum absolute atomic E-state index is 0.287. The highest BCUT2D eigenvalue weighted by Gasteiger charge is 2.08. The first-order valence-corrected chi connectivity index (χ1v) is 4.42. The van der Waals surface area contributed by atoms with Crippen LogP contribution in [0.5, 0.6) is 5.75 Å². The second-order valence-corrected chi connectivity index (χ2v) is 3.15. The van der Waals surface area contributed by atoms with Gasteiger partial charge in [0.2, 0.25) is 0 Å². The summed E-state index contributed by atoms with van der Waals surface area (Å²) in [4.78, 5) is 0. The number of rotatable bonds is 1. The fourth-order valence-electron chi connectivity index (χ4n) is 1.40. The molecule has 0 radical (unpaired) electrons. The van der Waals surface area contributed by atoms with Crippen LogP contribution in [0.1, 0.15) is 0 Å². The van der Waals surface area contributed by atoms with E-state index in [0.29, 0.717) is 5.56 Å². The monoisotopic (exact) mass is 206 g/mol. The summed E-state index contributed by atoms with van der Waals surface area (Å²) in [6.45, 7) is 0. The van der Waals surface area contributed by atoms with E-state index in [4.69, 9.17) is 0 Å². The van der Waals surface area contributed by atoms with Crippen LogP contribution < -0.4 is 0 Å². The summed E-state index contributed by atoms with van der Waals surface area (Å²) >= 11 is 0. The van der Waals surface area contributed by atoms with Crippen LogP contribution in [-0.2, 0) is 0 Å². The molecule has 15 heavy (non-hydrogen) atoms. The summed E-state index contributed by atoms with van der Waals surface area (Å²) in [6.07, 6.45) is 0. The van der Waals surface area contributed by atoms with Gasteiger partial charge in [0, 0.05) is 5.56 Å². The van der Waals surface area contributed by atoms with Crippen molar-refractivity contribution in [3.05, 3.63) is 54.1 Å². The van der Waals surface area contributed by atoms with E-state index in [-0.39, 0.29) is 5.56 Å². The lowest BCUT2D eigenvalue weighted by Gasteiger charge is -2.05. The molecule has 0 bridgehead atoms. The molecule has 2 aromatic carbocycles. The predicted octanol–water partition coefficient (Wildman–Crippen LogP) is 3.34. The molecule has 0 aliphatic rings. The summed E-state index contributed by atoms with van der Waals surface area (Å²) in [5.74, 6) is -1.59. The van der Waals surface area contributed by atoms with E-state index in [2.05, 4.69) is 0 Å². The zero-order chi connectivity index (χ0) is 10.8. The van der Waals surface area contributed by atoms with Crippen molar-refractivity contribution in [2.24, 2.45) is 0 Å². The van der Waals surface area contributed by atoms with Crippen LogP contribution in [0.15, 0.2) is 42.5 Å². The lowest BCUT2D eigenvalue weighted by Crippen LogP contribution is -1.83. The number of aromatic hydroxyl groups is 1. The van der Waals surface area contributed by atoms with Crippen molar-refractivity contribution in [2.75, 3.05) is 0 Å². The molecule has 0 saturated carbocycles. The van der Waals surface area contributed by atoms with Crippen molar-refractivity contribution in [1.29, 1.82) is 0 Å². The Labute approximate surface area is 85.6 Å². The molecule has 1 nitrogen and oxygen atoms in total. The first-order valence-electron chi connectivity index (χ1n) is 4.42. The average molecular weight is 206 g/mol. The van der Waals surface area contributed by atoms with Gasteiger partial charge in [-0.2, -0.15) is 0 Å². The quantitative estimate of drug-likeness (QED) is 0.758. The molecule has 0 atom stereocenters. The molecule has 1 N–H and O–H groups in total. The smallest absolute Gasteiger partial charge is 0.165 e. The average Bonchev–Trinajstić information content (AvgIpc) is 2.22. The van der Waals surface area contributed by atoms with Gasteiger partial charge in [0.25, 0.3) is 0 Å².